The summed E-state index contributed by atoms with van der Waals surface area (Å²) in [6.07, 6.45) is 2.34. The number of halogens is 5. The van der Waals surface area contributed by atoms with Gasteiger partial charge >= 0.3 is 5.96 Å². The standard InChI is InChI=1S/C16H13ClF4N5/c17-15-11(14-12(20)5-10(19)6-13(14)21)7-26(16(24-15)22-8-23-26)25-3-1-9(18)2-4-25/h5-9H,1-4H2/q+1. The van der Waals surface area contributed by atoms with Crippen LogP contribution in [0.1, 0.15) is 18.4 Å². The number of guanidine groups is 1. The van der Waals surface area contributed by atoms with E-state index in [0.29, 0.717) is 38.1 Å². The lowest BCUT2D eigenvalue weighted by molar-refractivity contribution is -0.920. The number of aliphatic imine (C=N–C) groups is 2. The molecule has 0 aliphatic carbocycles. The van der Waals surface area contributed by atoms with Crippen LogP contribution in [-0.2, 0) is 0 Å². The molecule has 5 nitrogen and oxygen atoms in total. The number of piperidine rings is 1. The average Bonchev–Trinajstić information content (AvgIpc) is 2.98. The number of rotatable bonds is 2. The Morgan fingerprint density at radius 1 is 1.12 bits per heavy atom. The van der Waals surface area contributed by atoms with Crippen molar-refractivity contribution in [2.45, 2.75) is 19.0 Å². The first-order valence-corrected chi connectivity index (χ1v) is 8.31. The number of allylic oxidation sites excluding steroid dienone is 1. The van der Waals surface area contributed by atoms with Crippen LogP contribution in [0.5, 0.6) is 0 Å². The Kier molecular flexibility index (Phi) is 4.17. The molecular formula is C16H13ClF4N5+. The van der Waals surface area contributed by atoms with Crippen molar-refractivity contribution in [1.82, 2.24) is 5.01 Å². The molecule has 1 aromatic rings. The van der Waals surface area contributed by atoms with Gasteiger partial charge in [0, 0.05) is 12.1 Å². The molecule has 10 heteroatoms. The van der Waals surface area contributed by atoms with Gasteiger partial charge in [0.2, 0.25) is 0 Å². The Morgan fingerprint density at radius 2 is 1.77 bits per heavy atom. The summed E-state index contributed by atoms with van der Waals surface area (Å²) in [6, 6.07) is 1.14. The molecule has 0 spiro atoms. The van der Waals surface area contributed by atoms with E-state index in [2.05, 4.69) is 15.1 Å². The van der Waals surface area contributed by atoms with Crippen LogP contribution in [0.4, 0.5) is 17.6 Å². The van der Waals surface area contributed by atoms with E-state index in [9.17, 15) is 17.6 Å². The number of fused-ring (bicyclic) bond motifs is 1. The minimum Gasteiger partial charge on any atom is -0.247 e. The second kappa shape index (κ2) is 6.26. The average molecular weight is 387 g/mol. The summed E-state index contributed by atoms with van der Waals surface area (Å²) in [6.45, 7) is 0.700. The monoisotopic (exact) mass is 386 g/mol. The molecule has 0 bridgehead atoms. The van der Waals surface area contributed by atoms with Crippen molar-refractivity contribution in [2.24, 2.45) is 15.1 Å². The summed E-state index contributed by atoms with van der Waals surface area (Å²) in [4.78, 5) is 8.18. The van der Waals surface area contributed by atoms with Gasteiger partial charge in [-0.15, -0.1) is 5.01 Å². The van der Waals surface area contributed by atoms with E-state index in [0.717, 1.165) is 0 Å². The van der Waals surface area contributed by atoms with Crippen LogP contribution in [-0.4, -0.2) is 46.4 Å². The Hall–Kier alpha value is -2.10. The molecule has 3 aliphatic rings. The fourth-order valence-corrected chi connectivity index (χ4v) is 3.47. The highest BCUT2D eigenvalue weighted by atomic mass is 35.5. The first-order chi connectivity index (χ1) is 12.4. The maximum atomic E-state index is 14.3. The van der Waals surface area contributed by atoms with E-state index in [-0.39, 0.29) is 21.4 Å². The van der Waals surface area contributed by atoms with Gasteiger partial charge in [0.25, 0.3) is 0 Å². The summed E-state index contributed by atoms with van der Waals surface area (Å²) >= 11 is 6.12. The van der Waals surface area contributed by atoms with E-state index >= 15 is 0 Å². The minimum absolute atomic E-state index is 0.0676. The zero-order valence-electron chi connectivity index (χ0n) is 13.3. The zero-order valence-corrected chi connectivity index (χ0v) is 14.1. The number of benzene rings is 1. The fraction of sp³-hybridized carbons (Fsp3) is 0.312. The molecule has 4 rings (SSSR count). The van der Waals surface area contributed by atoms with Gasteiger partial charge in [-0.1, -0.05) is 11.6 Å². The Morgan fingerprint density at radius 3 is 2.42 bits per heavy atom. The molecule has 0 saturated carbocycles. The molecule has 0 amide bonds. The van der Waals surface area contributed by atoms with E-state index in [4.69, 9.17) is 11.6 Å². The number of alkyl halides is 1. The number of nitrogens with zero attached hydrogens (tertiary/aromatic N) is 5. The van der Waals surface area contributed by atoms with Crippen LogP contribution >= 0.6 is 11.6 Å². The SMILES string of the molecule is Fc1cc(F)c(C2=C[N+]3(N4CCC(F)CC4)N=CN=C3N=C2Cl)c(F)c1. The van der Waals surface area contributed by atoms with Gasteiger partial charge in [-0.3, -0.25) is 0 Å². The quantitative estimate of drug-likeness (QED) is 0.566. The van der Waals surface area contributed by atoms with Gasteiger partial charge in [0.15, 0.2) is 17.7 Å². The lowest BCUT2D eigenvalue weighted by Crippen LogP contribution is -2.58. The van der Waals surface area contributed by atoms with E-state index < -0.39 is 29.2 Å². The van der Waals surface area contributed by atoms with Crippen molar-refractivity contribution in [2.75, 3.05) is 13.1 Å². The van der Waals surface area contributed by atoms with Crippen LogP contribution in [0.2, 0.25) is 0 Å². The topological polar surface area (TPSA) is 40.3 Å². The van der Waals surface area contributed by atoms with Crippen LogP contribution in [0, 0.1) is 17.5 Å². The van der Waals surface area contributed by atoms with Crippen molar-refractivity contribution in [1.29, 1.82) is 0 Å². The summed E-state index contributed by atoms with van der Waals surface area (Å²) in [7, 11) is 0. The van der Waals surface area contributed by atoms with Crippen molar-refractivity contribution in [3.63, 3.8) is 0 Å². The highest BCUT2D eigenvalue weighted by molar-refractivity contribution is 6.77. The normalized spacial score (nSPS) is 26.4. The second-order valence-electron chi connectivity index (χ2n) is 6.13. The third kappa shape index (κ3) is 2.67. The lowest BCUT2D eigenvalue weighted by atomic mass is 10.0. The predicted molar refractivity (Wildman–Crippen MR) is 89.5 cm³/mol. The van der Waals surface area contributed by atoms with Gasteiger partial charge in [0.1, 0.15) is 23.6 Å². The van der Waals surface area contributed by atoms with Gasteiger partial charge in [-0.2, -0.15) is 9.98 Å². The number of hydrogen-bond acceptors (Lipinski definition) is 4. The molecule has 1 atom stereocenters. The maximum Gasteiger partial charge on any atom is 0.384 e. The van der Waals surface area contributed by atoms with Crippen molar-refractivity contribution >= 4 is 34.6 Å². The summed E-state index contributed by atoms with van der Waals surface area (Å²) < 4.78 is 54.9. The van der Waals surface area contributed by atoms with E-state index in [1.165, 1.54) is 12.5 Å². The molecule has 1 aromatic carbocycles. The molecule has 1 fully saturated rings. The molecule has 26 heavy (non-hydrogen) atoms. The van der Waals surface area contributed by atoms with Crippen LogP contribution in [0.15, 0.2) is 33.4 Å². The van der Waals surface area contributed by atoms with Crippen LogP contribution in [0.3, 0.4) is 0 Å². The Bertz CT molecular complexity index is 866. The van der Waals surface area contributed by atoms with Crippen molar-refractivity contribution in [3.05, 3.63) is 41.3 Å². The second-order valence-corrected chi connectivity index (χ2v) is 6.49. The first-order valence-electron chi connectivity index (χ1n) is 7.94. The minimum atomic E-state index is -1.11. The number of hydrogen-bond donors (Lipinski definition) is 0. The summed E-state index contributed by atoms with van der Waals surface area (Å²) in [5.41, 5.74) is -0.568. The van der Waals surface area contributed by atoms with E-state index in [1.54, 1.807) is 5.01 Å². The maximum absolute atomic E-state index is 14.3. The van der Waals surface area contributed by atoms with E-state index in [1.807, 2.05) is 0 Å². The molecule has 0 N–H and O–H groups in total. The molecule has 3 heterocycles. The van der Waals surface area contributed by atoms with Crippen molar-refractivity contribution < 1.29 is 22.3 Å². The van der Waals surface area contributed by atoms with Crippen LogP contribution < -0.4 is 0 Å². The predicted octanol–water partition coefficient (Wildman–Crippen LogP) is 3.57. The molecule has 0 aromatic heterocycles. The molecular weight excluding hydrogens is 374 g/mol. The van der Waals surface area contributed by atoms with Gasteiger partial charge in [-0.25, -0.2) is 17.6 Å². The Balaban J connectivity index is 1.83. The third-order valence-corrected chi connectivity index (χ3v) is 4.82. The van der Waals surface area contributed by atoms with Gasteiger partial charge < -0.3 is 0 Å². The Labute approximate surface area is 151 Å². The van der Waals surface area contributed by atoms with Gasteiger partial charge in [0.05, 0.1) is 24.2 Å². The summed E-state index contributed by atoms with van der Waals surface area (Å²) in [5, 5.41) is 5.87. The number of quaternary nitrogens is 1. The molecule has 3 aliphatic heterocycles. The molecule has 1 saturated heterocycles. The summed E-state index contributed by atoms with van der Waals surface area (Å²) in [5.74, 6) is -3.06. The van der Waals surface area contributed by atoms with Gasteiger partial charge in [-0.05, 0) is 22.6 Å². The zero-order chi connectivity index (χ0) is 18.5. The third-order valence-electron chi connectivity index (χ3n) is 4.53. The highest BCUT2D eigenvalue weighted by Gasteiger charge is 2.49. The first kappa shape index (κ1) is 17.3. The molecule has 1 unspecified atom stereocenters. The van der Waals surface area contributed by atoms with Crippen LogP contribution in [0.25, 0.3) is 5.57 Å². The lowest BCUT2D eigenvalue weighted by Gasteiger charge is -2.38. The molecule has 136 valence electrons. The molecule has 0 radical (unpaired) electrons. The fourth-order valence-electron chi connectivity index (χ4n) is 3.26. The van der Waals surface area contributed by atoms with Crippen molar-refractivity contribution in [3.8, 4) is 0 Å². The highest BCUT2D eigenvalue weighted by Crippen LogP contribution is 2.36. The smallest absolute Gasteiger partial charge is 0.247 e. The largest absolute Gasteiger partial charge is 0.384 e.